The number of furan rings is 1. The zero-order valence-corrected chi connectivity index (χ0v) is 23.1. The van der Waals surface area contributed by atoms with E-state index in [4.69, 9.17) is 8.53 Å². The van der Waals surface area contributed by atoms with E-state index in [0.717, 1.165) is 70.9 Å². The van der Waals surface area contributed by atoms with Crippen LogP contribution in [0.2, 0.25) is 0 Å². The van der Waals surface area contributed by atoms with Gasteiger partial charge >= 0.3 is 0 Å². The molecule has 1 aromatic heterocycles. The highest BCUT2D eigenvalue weighted by Gasteiger charge is 2.21. The first-order valence-corrected chi connectivity index (χ1v) is 14.5. The summed E-state index contributed by atoms with van der Waals surface area (Å²) in [6.07, 6.45) is 0. The van der Waals surface area contributed by atoms with Gasteiger partial charge in [0.15, 0.2) is 0 Å². The van der Waals surface area contributed by atoms with Gasteiger partial charge in [-0.25, -0.2) is 0 Å². The summed E-state index contributed by atoms with van der Waals surface area (Å²) in [4.78, 5) is 0. The summed E-state index contributed by atoms with van der Waals surface area (Å²) < 4.78 is 42.8. The van der Waals surface area contributed by atoms with Crippen molar-refractivity contribution >= 4 is 54.3 Å². The Morgan fingerprint density at radius 2 is 1.02 bits per heavy atom. The minimum atomic E-state index is -0.186. The molecule has 0 aliphatic heterocycles. The summed E-state index contributed by atoms with van der Waals surface area (Å²) in [6, 6.07) is 44.1. The van der Waals surface area contributed by atoms with Crippen molar-refractivity contribution in [3.8, 4) is 33.4 Å². The summed E-state index contributed by atoms with van der Waals surface area (Å²) in [5.74, 6) is 0. The first kappa shape index (κ1) is 20.3. The third-order valence-corrected chi connectivity index (χ3v) is 8.53. The number of benzene rings is 8. The Kier molecular flexibility index (Phi) is 4.45. The summed E-state index contributed by atoms with van der Waals surface area (Å²) >= 11 is 0. The van der Waals surface area contributed by atoms with Crippen molar-refractivity contribution in [3.05, 3.63) is 158 Å². The van der Waals surface area contributed by atoms with E-state index in [2.05, 4.69) is 48.5 Å². The van der Waals surface area contributed by atoms with Crippen LogP contribution in [0, 0.1) is 0 Å². The number of hydrogen-bond donors (Lipinski definition) is 0. The van der Waals surface area contributed by atoms with Crippen molar-refractivity contribution in [1.29, 1.82) is 0 Å². The third-order valence-electron chi connectivity index (χ3n) is 8.53. The van der Waals surface area contributed by atoms with E-state index < -0.39 is 0 Å². The number of hydrogen-bond acceptors (Lipinski definition) is 1. The maximum atomic E-state index is 9.49. The molecule has 8 aromatic carbocycles. The lowest BCUT2D eigenvalue weighted by atomic mass is 9.84. The normalized spacial score (nSPS) is 13.0. The van der Waals surface area contributed by atoms with Gasteiger partial charge in [0, 0.05) is 10.8 Å². The van der Waals surface area contributed by atoms with Crippen molar-refractivity contribution in [2.24, 2.45) is 0 Å². The van der Waals surface area contributed by atoms with Crippen LogP contribution in [0.4, 0.5) is 0 Å². The molecule has 0 aliphatic carbocycles. The lowest BCUT2D eigenvalue weighted by molar-refractivity contribution is 0.669. The zero-order chi connectivity index (χ0) is 31.8. The van der Waals surface area contributed by atoms with Crippen LogP contribution in [0.25, 0.3) is 87.6 Å². The van der Waals surface area contributed by atoms with Gasteiger partial charge in [0.1, 0.15) is 11.2 Å². The van der Waals surface area contributed by atoms with Crippen molar-refractivity contribution in [3.63, 3.8) is 0 Å². The second-order valence-corrected chi connectivity index (χ2v) is 10.9. The second kappa shape index (κ2) is 9.44. The molecular weight excluding hydrogens is 520 g/mol. The highest BCUT2D eigenvalue weighted by Crippen LogP contribution is 2.48. The molecule has 200 valence electrons. The van der Waals surface area contributed by atoms with Gasteiger partial charge in [-0.05, 0) is 83.9 Å². The molecule has 1 heterocycles. The fourth-order valence-corrected chi connectivity index (χ4v) is 6.70. The molecule has 0 aliphatic rings. The van der Waals surface area contributed by atoms with E-state index in [1.807, 2.05) is 84.9 Å². The first-order valence-electron chi connectivity index (χ1n) is 16.5. The summed E-state index contributed by atoms with van der Waals surface area (Å²) in [5, 5.41) is 8.11. The summed E-state index contributed by atoms with van der Waals surface area (Å²) in [5.41, 5.74) is 5.88. The minimum Gasteiger partial charge on any atom is -0.456 e. The van der Waals surface area contributed by atoms with Gasteiger partial charge in [-0.1, -0.05) is 139 Å². The van der Waals surface area contributed by atoms with Gasteiger partial charge in [-0.2, -0.15) is 0 Å². The molecule has 0 bridgehead atoms. The first-order chi connectivity index (χ1) is 23.0. The van der Waals surface area contributed by atoms with Gasteiger partial charge < -0.3 is 4.42 Å². The summed E-state index contributed by atoms with van der Waals surface area (Å²) in [7, 11) is 0. The predicted molar refractivity (Wildman–Crippen MR) is 183 cm³/mol. The zero-order valence-electron chi connectivity index (χ0n) is 27.1. The Labute approximate surface area is 254 Å². The molecule has 0 saturated carbocycles. The predicted octanol–water partition coefficient (Wildman–Crippen LogP) is 12.0. The smallest absolute Gasteiger partial charge is 0.136 e. The molecule has 0 atom stereocenters. The molecule has 9 rings (SSSR count). The van der Waals surface area contributed by atoms with Crippen molar-refractivity contribution in [2.75, 3.05) is 0 Å². The van der Waals surface area contributed by atoms with Crippen LogP contribution in [0.3, 0.4) is 0 Å². The average Bonchev–Trinajstić information content (AvgIpc) is 3.51. The van der Waals surface area contributed by atoms with Crippen LogP contribution in [-0.4, -0.2) is 0 Å². The Hall–Kier alpha value is -5.66. The molecule has 9 aromatic rings. The van der Waals surface area contributed by atoms with Crippen molar-refractivity contribution < 1.29 is 9.90 Å². The molecule has 0 radical (unpaired) electrons. The third kappa shape index (κ3) is 3.65. The van der Waals surface area contributed by atoms with E-state index in [1.165, 1.54) is 0 Å². The molecule has 1 heteroatoms. The van der Waals surface area contributed by atoms with Crippen LogP contribution in [0.5, 0.6) is 0 Å². The van der Waals surface area contributed by atoms with E-state index >= 15 is 0 Å². The molecule has 0 spiro atoms. The molecule has 1 nitrogen and oxygen atoms in total. The SMILES string of the molecule is [2H]c1c([2H])c(-c2ccccc2)c([2H])c(-c2c3ccccc3c(-c3cccc4oc5ccc6ccccc6c5c34)c3ccccc23)c1[2H]. The number of rotatable bonds is 3. The Balaban J connectivity index is 1.46. The molecule has 0 fully saturated rings. The van der Waals surface area contributed by atoms with Crippen LogP contribution < -0.4 is 0 Å². The fraction of sp³-hybridized carbons (Fsp3) is 0. The van der Waals surface area contributed by atoms with Gasteiger partial charge in [0.25, 0.3) is 0 Å². The van der Waals surface area contributed by atoms with Crippen LogP contribution in [-0.2, 0) is 0 Å². The summed E-state index contributed by atoms with van der Waals surface area (Å²) in [6.45, 7) is 0. The van der Waals surface area contributed by atoms with Crippen LogP contribution in [0.15, 0.2) is 162 Å². The minimum absolute atomic E-state index is 0.0830. The maximum Gasteiger partial charge on any atom is 0.136 e. The van der Waals surface area contributed by atoms with E-state index in [0.29, 0.717) is 16.7 Å². The molecule has 0 N–H and O–H groups in total. The van der Waals surface area contributed by atoms with Crippen LogP contribution in [0.1, 0.15) is 5.48 Å². The van der Waals surface area contributed by atoms with Crippen molar-refractivity contribution in [2.45, 2.75) is 0 Å². The van der Waals surface area contributed by atoms with Gasteiger partial charge in [-0.15, -0.1) is 0 Å². The topological polar surface area (TPSA) is 13.1 Å². The Morgan fingerprint density at radius 1 is 0.419 bits per heavy atom. The fourth-order valence-electron chi connectivity index (χ4n) is 6.70. The lowest BCUT2D eigenvalue weighted by Crippen LogP contribution is -1.91. The molecule has 0 amide bonds. The Morgan fingerprint density at radius 3 is 1.77 bits per heavy atom. The Bertz CT molecular complexity index is 2670. The average molecular weight is 551 g/mol. The highest BCUT2D eigenvalue weighted by molar-refractivity contribution is 6.28. The highest BCUT2D eigenvalue weighted by atomic mass is 16.3. The van der Waals surface area contributed by atoms with Gasteiger partial charge in [0.05, 0.1) is 5.48 Å². The van der Waals surface area contributed by atoms with E-state index in [9.17, 15) is 1.37 Å². The van der Waals surface area contributed by atoms with Gasteiger partial charge in [0.2, 0.25) is 0 Å². The van der Waals surface area contributed by atoms with E-state index in [1.54, 1.807) is 0 Å². The molecule has 0 unspecified atom stereocenters. The molecule has 43 heavy (non-hydrogen) atoms. The maximum absolute atomic E-state index is 9.49. The monoisotopic (exact) mass is 550 g/mol. The lowest BCUT2D eigenvalue weighted by Gasteiger charge is -2.18. The molecular formula is C42H26O. The largest absolute Gasteiger partial charge is 0.456 e. The quantitative estimate of drug-likeness (QED) is 0.199. The standard InChI is InChI=1S/C42H26O/c1-2-12-27(13-3-1)29-15-10-16-30(26-29)39-32-18-6-8-20-34(32)40(35-21-9-7-19-33(35)39)36-22-11-23-37-42(36)41-31-17-5-4-14-28(31)24-25-38(41)43-37/h1-26H/i10D,15D,16D,26D. The number of fused-ring (bicyclic) bond motifs is 7. The second-order valence-electron chi connectivity index (χ2n) is 10.9. The van der Waals surface area contributed by atoms with Gasteiger partial charge in [-0.3, -0.25) is 0 Å². The van der Waals surface area contributed by atoms with Crippen LogP contribution >= 0.6 is 0 Å². The van der Waals surface area contributed by atoms with Crippen molar-refractivity contribution in [1.82, 2.24) is 0 Å². The molecule has 0 saturated heterocycles. The van der Waals surface area contributed by atoms with E-state index in [-0.39, 0.29) is 24.2 Å².